The Morgan fingerprint density at radius 1 is 1.35 bits per heavy atom. The Kier molecular flexibility index (Phi) is 5.38. The summed E-state index contributed by atoms with van der Waals surface area (Å²) >= 11 is 5.80. The predicted octanol–water partition coefficient (Wildman–Crippen LogP) is 2.84. The maximum Gasteiger partial charge on any atom is 0.119 e. The molecule has 1 unspecified atom stereocenters. The first-order chi connectivity index (χ1) is 9.69. The van der Waals surface area contributed by atoms with Gasteiger partial charge < -0.3 is 9.84 Å². The van der Waals surface area contributed by atoms with Crippen LogP contribution in [0, 0.1) is 0 Å². The van der Waals surface area contributed by atoms with Gasteiger partial charge in [0.25, 0.3) is 0 Å². The summed E-state index contributed by atoms with van der Waals surface area (Å²) in [4.78, 5) is 0. The average Bonchev–Trinajstić information content (AvgIpc) is 2.93. The average molecular weight is 296 g/mol. The van der Waals surface area contributed by atoms with Crippen molar-refractivity contribution in [3.63, 3.8) is 0 Å². The Labute approximate surface area is 123 Å². The normalized spacial score (nSPS) is 12.3. The molecule has 2 rings (SSSR count). The topological polar surface area (TPSA) is 60.2 Å². The molecule has 5 nitrogen and oxygen atoms in total. The molecule has 1 heterocycles. The Hall–Kier alpha value is -1.59. The largest absolute Gasteiger partial charge is 0.494 e. The smallest absolute Gasteiger partial charge is 0.119 e. The molecule has 0 radical (unpaired) electrons. The maximum atomic E-state index is 9.63. The van der Waals surface area contributed by atoms with Crippen LogP contribution in [-0.4, -0.2) is 26.7 Å². The van der Waals surface area contributed by atoms with Crippen LogP contribution < -0.4 is 4.74 Å². The molecule has 1 aromatic carbocycles. The van der Waals surface area contributed by atoms with Crippen molar-refractivity contribution in [3.05, 3.63) is 41.2 Å². The van der Waals surface area contributed by atoms with E-state index in [2.05, 4.69) is 10.3 Å². The fraction of sp³-hybridized carbons (Fsp3) is 0.429. The molecule has 1 aromatic heterocycles. The van der Waals surface area contributed by atoms with E-state index in [1.54, 1.807) is 23.0 Å². The zero-order chi connectivity index (χ0) is 14.4. The van der Waals surface area contributed by atoms with Crippen molar-refractivity contribution in [3.8, 4) is 5.75 Å². The summed E-state index contributed by atoms with van der Waals surface area (Å²) in [6.45, 7) is 3.20. The Morgan fingerprint density at radius 2 is 2.10 bits per heavy atom. The van der Waals surface area contributed by atoms with Crippen LogP contribution in [0.4, 0.5) is 0 Å². The molecule has 1 atom stereocenters. The van der Waals surface area contributed by atoms with Gasteiger partial charge in [0, 0.05) is 18.0 Å². The molecule has 0 aliphatic carbocycles. The van der Waals surface area contributed by atoms with Gasteiger partial charge in [0.1, 0.15) is 11.4 Å². The van der Waals surface area contributed by atoms with Crippen molar-refractivity contribution < 1.29 is 9.84 Å². The van der Waals surface area contributed by atoms with Crippen LogP contribution in [0.5, 0.6) is 5.75 Å². The molecular weight excluding hydrogens is 278 g/mol. The van der Waals surface area contributed by atoms with Gasteiger partial charge in [0.05, 0.1) is 18.9 Å². The van der Waals surface area contributed by atoms with Gasteiger partial charge in [-0.2, -0.15) is 0 Å². The lowest BCUT2D eigenvalue weighted by Gasteiger charge is -2.06. The van der Waals surface area contributed by atoms with Crippen molar-refractivity contribution in [1.29, 1.82) is 0 Å². The molecule has 0 amide bonds. The van der Waals surface area contributed by atoms with Crippen molar-refractivity contribution in [2.24, 2.45) is 0 Å². The minimum Gasteiger partial charge on any atom is -0.494 e. The summed E-state index contributed by atoms with van der Waals surface area (Å²) in [5, 5.41) is 18.2. The van der Waals surface area contributed by atoms with E-state index in [1.165, 1.54) is 0 Å². The van der Waals surface area contributed by atoms with E-state index in [4.69, 9.17) is 16.3 Å². The maximum absolute atomic E-state index is 9.63. The molecule has 0 saturated heterocycles. The van der Waals surface area contributed by atoms with Crippen molar-refractivity contribution in [2.45, 2.75) is 32.4 Å². The molecule has 20 heavy (non-hydrogen) atoms. The number of aliphatic hydroxyl groups is 1. The number of benzene rings is 1. The van der Waals surface area contributed by atoms with E-state index in [-0.39, 0.29) is 0 Å². The standard InChI is InChI=1S/C14H18ClN3O2/c1-2-14(19)13-10-18(17-16-13)8-3-9-20-12-6-4-11(15)5-7-12/h4-7,10,14,19H,2-3,8-9H2,1H3. The molecule has 0 aliphatic rings. The van der Waals surface area contributed by atoms with Gasteiger partial charge in [-0.05, 0) is 30.7 Å². The molecule has 1 N–H and O–H groups in total. The zero-order valence-corrected chi connectivity index (χ0v) is 12.1. The van der Waals surface area contributed by atoms with E-state index in [9.17, 15) is 5.11 Å². The Morgan fingerprint density at radius 3 is 2.80 bits per heavy atom. The first-order valence-electron chi connectivity index (χ1n) is 6.65. The summed E-state index contributed by atoms with van der Waals surface area (Å²) in [6, 6.07) is 7.28. The highest BCUT2D eigenvalue weighted by atomic mass is 35.5. The van der Waals surface area contributed by atoms with Crippen LogP contribution in [-0.2, 0) is 6.54 Å². The number of nitrogens with zero attached hydrogens (tertiary/aromatic N) is 3. The second-order valence-corrected chi connectivity index (χ2v) is 4.92. The number of hydrogen-bond donors (Lipinski definition) is 1. The second-order valence-electron chi connectivity index (χ2n) is 4.49. The monoisotopic (exact) mass is 295 g/mol. The third kappa shape index (κ3) is 4.21. The fourth-order valence-corrected chi connectivity index (χ4v) is 1.86. The number of aliphatic hydroxyl groups excluding tert-OH is 1. The van der Waals surface area contributed by atoms with Crippen LogP contribution >= 0.6 is 11.6 Å². The molecule has 0 aliphatic heterocycles. The number of rotatable bonds is 7. The van der Waals surface area contributed by atoms with Crippen LogP contribution in [0.25, 0.3) is 0 Å². The van der Waals surface area contributed by atoms with Crippen LogP contribution in [0.2, 0.25) is 5.02 Å². The van der Waals surface area contributed by atoms with E-state index < -0.39 is 6.10 Å². The van der Waals surface area contributed by atoms with Gasteiger partial charge in [0.15, 0.2) is 0 Å². The van der Waals surface area contributed by atoms with Crippen molar-refractivity contribution in [1.82, 2.24) is 15.0 Å². The van der Waals surface area contributed by atoms with E-state index in [1.807, 2.05) is 19.1 Å². The first-order valence-corrected chi connectivity index (χ1v) is 7.03. The predicted molar refractivity (Wildman–Crippen MR) is 76.8 cm³/mol. The van der Waals surface area contributed by atoms with Gasteiger partial charge in [-0.1, -0.05) is 23.7 Å². The lowest BCUT2D eigenvalue weighted by atomic mass is 10.2. The second kappa shape index (κ2) is 7.26. The molecule has 0 saturated carbocycles. The lowest BCUT2D eigenvalue weighted by molar-refractivity contribution is 0.168. The molecule has 0 fully saturated rings. The minimum absolute atomic E-state index is 0.533. The van der Waals surface area contributed by atoms with Gasteiger partial charge in [-0.25, -0.2) is 0 Å². The molecule has 108 valence electrons. The highest BCUT2D eigenvalue weighted by Crippen LogP contribution is 2.16. The highest BCUT2D eigenvalue weighted by Gasteiger charge is 2.09. The quantitative estimate of drug-likeness (QED) is 0.798. The van der Waals surface area contributed by atoms with Crippen molar-refractivity contribution in [2.75, 3.05) is 6.61 Å². The van der Waals surface area contributed by atoms with Gasteiger partial charge in [0.2, 0.25) is 0 Å². The summed E-state index contributed by atoms with van der Waals surface area (Å²) in [7, 11) is 0. The summed E-state index contributed by atoms with van der Waals surface area (Å²) in [6.07, 6.45) is 2.69. The summed E-state index contributed by atoms with van der Waals surface area (Å²) in [5.41, 5.74) is 0.617. The lowest BCUT2D eigenvalue weighted by Crippen LogP contribution is -2.05. The Bertz CT molecular complexity index is 527. The van der Waals surface area contributed by atoms with Crippen molar-refractivity contribution >= 4 is 11.6 Å². The molecule has 0 bridgehead atoms. The Balaban J connectivity index is 1.73. The fourth-order valence-electron chi connectivity index (χ4n) is 1.73. The van der Waals surface area contributed by atoms with Gasteiger partial charge in [-0.3, -0.25) is 4.68 Å². The van der Waals surface area contributed by atoms with Crippen LogP contribution in [0.3, 0.4) is 0 Å². The SMILES string of the molecule is CCC(O)c1cn(CCCOc2ccc(Cl)cc2)nn1. The zero-order valence-electron chi connectivity index (χ0n) is 11.4. The summed E-state index contributed by atoms with van der Waals surface area (Å²) < 4.78 is 7.31. The third-order valence-corrected chi connectivity index (χ3v) is 3.15. The molecule has 0 spiro atoms. The number of aryl methyl sites for hydroxylation is 1. The third-order valence-electron chi connectivity index (χ3n) is 2.90. The van der Waals surface area contributed by atoms with Crippen LogP contribution in [0.15, 0.2) is 30.5 Å². The van der Waals surface area contributed by atoms with E-state index >= 15 is 0 Å². The highest BCUT2D eigenvalue weighted by molar-refractivity contribution is 6.30. The molecule has 6 heteroatoms. The number of hydrogen-bond acceptors (Lipinski definition) is 4. The number of ether oxygens (including phenoxy) is 1. The van der Waals surface area contributed by atoms with E-state index in [0.717, 1.165) is 12.2 Å². The molecular formula is C14H18ClN3O2. The van der Waals surface area contributed by atoms with Gasteiger partial charge >= 0.3 is 0 Å². The van der Waals surface area contributed by atoms with E-state index in [0.29, 0.717) is 30.3 Å². The summed E-state index contributed by atoms with van der Waals surface area (Å²) in [5.74, 6) is 0.801. The first kappa shape index (κ1) is 14.8. The number of aromatic nitrogens is 3. The van der Waals surface area contributed by atoms with Crippen LogP contribution in [0.1, 0.15) is 31.6 Å². The number of halogens is 1. The molecule has 2 aromatic rings. The minimum atomic E-state index is -0.533. The van der Waals surface area contributed by atoms with Gasteiger partial charge in [-0.15, -0.1) is 5.10 Å².